The van der Waals surface area contributed by atoms with Crippen LogP contribution in [0.3, 0.4) is 0 Å². The molecule has 4 heteroatoms. The Bertz CT molecular complexity index is 496. The lowest BCUT2D eigenvalue weighted by Crippen LogP contribution is -2.42. The Hall–Kier alpha value is -0.870. The van der Waals surface area contributed by atoms with Crippen molar-refractivity contribution in [2.75, 3.05) is 27.2 Å². The van der Waals surface area contributed by atoms with Crippen LogP contribution in [0.1, 0.15) is 41.6 Å². The first-order valence-corrected chi connectivity index (χ1v) is 8.51. The average molecular weight is 353 g/mol. The van der Waals surface area contributed by atoms with Gasteiger partial charge in [-0.25, -0.2) is 0 Å². The number of aryl methyl sites for hydroxylation is 1. The molecule has 3 nitrogen and oxygen atoms in total. The number of hydrogen-bond acceptors (Lipinski definition) is 2. The van der Waals surface area contributed by atoms with Crippen molar-refractivity contribution in [3.05, 3.63) is 33.8 Å². The molecule has 0 atom stereocenters. The fourth-order valence-electron chi connectivity index (χ4n) is 2.94. The number of carbonyl (C=O) groups is 1. The summed E-state index contributed by atoms with van der Waals surface area (Å²) >= 11 is 3.58. The van der Waals surface area contributed by atoms with Crippen LogP contribution < -0.4 is 0 Å². The maximum atomic E-state index is 13.0. The smallest absolute Gasteiger partial charge is 0.255 e. The molecule has 1 aliphatic rings. The molecule has 1 aliphatic carbocycles. The molecule has 1 amide bonds. The second-order valence-electron chi connectivity index (χ2n) is 6.18. The molecule has 2 rings (SSSR count). The Morgan fingerprint density at radius 3 is 2.52 bits per heavy atom. The maximum absolute atomic E-state index is 13.0. The lowest BCUT2D eigenvalue weighted by Gasteiger charge is -2.30. The Morgan fingerprint density at radius 1 is 1.24 bits per heavy atom. The van der Waals surface area contributed by atoms with Gasteiger partial charge in [-0.1, -0.05) is 25.0 Å². The number of hydrogen-bond donors (Lipinski definition) is 0. The quantitative estimate of drug-likeness (QED) is 0.806. The highest BCUT2D eigenvalue weighted by atomic mass is 79.9. The minimum absolute atomic E-state index is 0.166. The maximum Gasteiger partial charge on any atom is 0.255 e. The van der Waals surface area contributed by atoms with Gasteiger partial charge in [-0.3, -0.25) is 4.79 Å². The molecule has 0 aliphatic heterocycles. The van der Waals surface area contributed by atoms with Gasteiger partial charge in [0.1, 0.15) is 0 Å². The number of amides is 1. The zero-order chi connectivity index (χ0) is 15.4. The van der Waals surface area contributed by atoms with Crippen molar-refractivity contribution in [3.8, 4) is 0 Å². The Kier molecular flexibility index (Phi) is 5.82. The van der Waals surface area contributed by atoms with E-state index in [1.165, 1.54) is 12.8 Å². The van der Waals surface area contributed by atoms with Gasteiger partial charge in [0.05, 0.1) is 5.56 Å². The molecular formula is C17H25BrN2O. The number of rotatable bonds is 5. The molecule has 0 heterocycles. The topological polar surface area (TPSA) is 23.6 Å². The summed E-state index contributed by atoms with van der Waals surface area (Å²) in [6.45, 7) is 3.74. The van der Waals surface area contributed by atoms with Crippen LogP contribution in [-0.4, -0.2) is 48.9 Å². The molecule has 0 saturated heterocycles. The number of nitrogens with zero attached hydrogens (tertiary/aromatic N) is 2. The summed E-state index contributed by atoms with van der Waals surface area (Å²) in [4.78, 5) is 17.2. The molecular weight excluding hydrogens is 328 g/mol. The summed E-state index contributed by atoms with van der Waals surface area (Å²) in [6.07, 6.45) is 4.77. The first-order chi connectivity index (χ1) is 10.0. The van der Waals surface area contributed by atoms with Crippen LogP contribution in [0.25, 0.3) is 0 Å². The Labute approximate surface area is 136 Å². The van der Waals surface area contributed by atoms with Gasteiger partial charge in [-0.15, -0.1) is 0 Å². The van der Waals surface area contributed by atoms with E-state index < -0.39 is 0 Å². The first-order valence-electron chi connectivity index (χ1n) is 7.71. The van der Waals surface area contributed by atoms with Crippen LogP contribution >= 0.6 is 15.9 Å². The zero-order valence-corrected chi connectivity index (χ0v) is 14.8. The third-order valence-corrected chi connectivity index (χ3v) is 5.29. The summed E-state index contributed by atoms with van der Waals surface area (Å²) in [6, 6.07) is 6.33. The second-order valence-corrected chi connectivity index (χ2v) is 6.97. The van der Waals surface area contributed by atoms with Crippen molar-refractivity contribution in [1.82, 2.24) is 9.80 Å². The third-order valence-electron chi connectivity index (χ3n) is 4.24. The van der Waals surface area contributed by atoms with E-state index in [0.29, 0.717) is 6.04 Å². The summed E-state index contributed by atoms with van der Waals surface area (Å²) in [5.74, 6) is 0.166. The van der Waals surface area contributed by atoms with Gasteiger partial charge in [-0.05, 0) is 61.4 Å². The van der Waals surface area contributed by atoms with Gasteiger partial charge in [0.2, 0.25) is 0 Å². The monoisotopic (exact) mass is 352 g/mol. The van der Waals surface area contributed by atoms with E-state index in [1.807, 2.05) is 25.1 Å². The molecule has 21 heavy (non-hydrogen) atoms. The van der Waals surface area contributed by atoms with E-state index in [1.54, 1.807) is 0 Å². The van der Waals surface area contributed by atoms with Gasteiger partial charge >= 0.3 is 0 Å². The minimum atomic E-state index is 0.166. The minimum Gasteiger partial charge on any atom is -0.334 e. The molecule has 0 aromatic heterocycles. The number of likely N-dealkylation sites (N-methyl/N-ethyl adjacent to an activating group) is 1. The molecule has 0 bridgehead atoms. The molecule has 0 radical (unpaired) electrons. The number of carbonyl (C=O) groups excluding carboxylic acids is 1. The molecule has 1 aromatic rings. The average Bonchev–Trinajstić information content (AvgIpc) is 2.95. The molecule has 1 saturated carbocycles. The fourth-order valence-corrected chi connectivity index (χ4v) is 3.37. The molecule has 0 spiro atoms. The molecule has 1 aromatic carbocycles. The zero-order valence-electron chi connectivity index (χ0n) is 13.2. The van der Waals surface area contributed by atoms with Crippen LogP contribution in [0.5, 0.6) is 0 Å². The van der Waals surface area contributed by atoms with E-state index in [0.717, 1.165) is 41.5 Å². The molecule has 0 N–H and O–H groups in total. The van der Waals surface area contributed by atoms with Crippen molar-refractivity contribution >= 4 is 21.8 Å². The predicted octanol–water partition coefficient (Wildman–Crippen LogP) is 3.70. The Morgan fingerprint density at radius 2 is 1.90 bits per heavy atom. The largest absolute Gasteiger partial charge is 0.334 e. The summed E-state index contributed by atoms with van der Waals surface area (Å²) in [5.41, 5.74) is 1.90. The summed E-state index contributed by atoms with van der Waals surface area (Å²) < 4.78 is 0.933. The molecule has 1 fully saturated rings. The normalized spacial score (nSPS) is 15.7. The van der Waals surface area contributed by atoms with Crippen LogP contribution in [0.15, 0.2) is 22.7 Å². The predicted molar refractivity (Wildman–Crippen MR) is 90.7 cm³/mol. The van der Waals surface area contributed by atoms with E-state index in [-0.39, 0.29) is 5.91 Å². The van der Waals surface area contributed by atoms with Crippen LogP contribution in [0, 0.1) is 6.92 Å². The van der Waals surface area contributed by atoms with E-state index in [9.17, 15) is 4.79 Å². The van der Waals surface area contributed by atoms with E-state index in [4.69, 9.17) is 0 Å². The van der Waals surface area contributed by atoms with Crippen molar-refractivity contribution in [3.63, 3.8) is 0 Å². The van der Waals surface area contributed by atoms with Gasteiger partial charge in [0, 0.05) is 23.6 Å². The highest BCUT2D eigenvalue weighted by molar-refractivity contribution is 9.10. The van der Waals surface area contributed by atoms with Gasteiger partial charge in [0.15, 0.2) is 0 Å². The van der Waals surface area contributed by atoms with Crippen LogP contribution in [0.2, 0.25) is 0 Å². The standard InChI is InChI=1S/C17H25BrN2O/c1-13-7-6-10-15(16(13)18)17(21)20(12-11-19(2)3)14-8-4-5-9-14/h6-7,10,14H,4-5,8-9,11-12H2,1-3H3. The van der Waals surface area contributed by atoms with E-state index >= 15 is 0 Å². The van der Waals surface area contributed by atoms with Crippen LogP contribution in [0.4, 0.5) is 0 Å². The Balaban J connectivity index is 2.22. The number of halogens is 1. The van der Waals surface area contributed by atoms with Gasteiger partial charge < -0.3 is 9.80 Å². The lowest BCUT2D eigenvalue weighted by molar-refractivity contribution is 0.0666. The fraction of sp³-hybridized carbons (Fsp3) is 0.588. The van der Waals surface area contributed by atoms with Gasteiger partial charge in [0.25, 0.3) is 5.91 Å². The summed E-state index contributed by atoms with van der Waals surface area (Å²) in [7, 11) is 4.11. The van der Waals surface area contributed by atoms with Gasteiger partial charge in [-0.2, -0.15) is 0 Å². The van der Waals surface area contributed by atoms with Crippen molar-refractivity contribution < 1.29 is 4.79 Å². The third kappa shape index (κ3) is 4.07. The first kappa shape index (κ1) is 16.5. The molecule has 116 valence electrons. The van der Waals surface area contributed by atoms with Crippen molar-refractivity contribution in [2.24, 2.45) is 0 Å². The highest BCUT2D eigenvalue weighted by Crippen LogP contribution is 2.28. The SMILES string of the molecule is Cc1cccc(C(=O)N(CCN(C)C)C2CCCC2)c1Br. The van der Waals surface area contributed by atoms with Crippen LogP contribution in [-0.2, 0) is 0 Å². The van der Waals surface area contributed by atoms with E-state index in [2.05, 4.69) is 39.8 Å². The second kappa shape index (κ2) is 7.41. The van der Waals surface area contributed by atoms with Crippen molar-refractivity contribution in [2.45, 2.75) is 38.6 Å². The summed E-state index contributed by atoms with van der Waals surface area (Å²) in [5, 5.41) is 0. The molecule has 0 unspecified atom stereocenters. The number of benzene rings is 1. The van der Waals surface area contributed by atoms with Crippen molar-refractivity contribution in [1.29, 1.82) is 0 Å². The lowest BCUT2D eigenvalue weighted by atomic mass is 10.1. The highest BCUT2D eigenvalue weighted by Gasteiger charge is 2.28.